The van der Waals surface area contributed by atoms with Crippen LogP contribution < -0.4 is 0 Å². The smallest absolute Gasteiger partial charge is 0.207 e. The standard InChI is InChI=1S/C22H33NO2S/c24-26(25,23-15-7-8-16-23)22-17-20(18-9-3-1-4-10-18)13-14-21(22)19-11-5-2-6-12-19/h13-14,17-19H,1-12,15-16H2. The fourth-order valence-corrected chi connectivity index (χ4v) is 7.12. The third-order valence-electron chi connectivity index (χ3n) is 6.84. The highest BCUT2D eigenvalue weighted by Gasteiger charge is 2.32. The molecular formula is C22H33NO2S. The first-order chi connectivity index (χ1) is 12.7. The quantitative estimate of drug-likeness (QED) is 0.690. The summed E-state index contributed by atoms with van der Waals surface area (Å²) in [6.07, 6.45) is 14.4. The van der Waals surface area contributed by atoms with Crippen molar-refractivity contribution in [2.75, 3.05) is 13.1 Å². The largest absolute Gasteiger partial charge is 0.243 e. The van der Waals surface area contributed by atoms with Crippen LogP contribution in [0, 0.1) is 0 Å². The second-order valence-corrected chi connectivity index (χ2v) is 10.5. The van der Waals surface area contributed by atoms with Crippen molar-refractivity contribution < 1.29 is 8.42 Å². The van der Waals surface area contributed by atoms with Crippen LogP contribution >= 0.6 is 0 Å². The Kier molecular flexibility index (Phi) is 5.70. The minimum absolute atomic E-state index is 0.427. The van der Waals surface area contributed by atoms with E-state index in [1.165, 1.54) is 56.9 Å². The van der Waals surface area contributed by atoms with Gasteiger partial charge in [-0.2, -0.15) is 4.31 Å². The summed E-state index contributed by atoms with van der Waals surface area (Å²) >= 11 is 0. The maximum absolute atomic E-state index is 13.5. The zero-order valence-electron chi connectivity index (χ0n) is 16.0. The molecular weight excluding hydrogens is 342 g/mol. The molecule has 2 aliphatic carbocycles. The second-order valence-electron chi connectivity index (χ2n) is 8.58. The molecule has 0 unspecified atom stereocenters. The van der Waals surface area contributed by atoms with E-state index in [0.717, 1.165) is 31.2 Å². The van der Waals surface area contributed by atoms with Crippen molar-refractivity contribution in [1.29, 1.82) is 0 Å². The van der Waals surface area contributed by atoms with Crippen LogP contribution in [0.15, 0.2) is 23.1 Å². The second kappa shape index (κ2) is 8.02. The summed E-state index contributed by atoms with van der Waals surface area (Å²) in [5, 5.41) is 0. The Labute approximate surface area is 159 Å². The molecule has 1 aromatic rings. The maximum Gasteiger partial charge on any atom is 0.243 e. The van der Waals surface area contributed by atoms with Gasteiger partial charge in [0.05, 0.1) is 4.90 Å². The van der Waals surface area contributed by atoms with Crippen LogP contribution in [0.2, 0.25) is 0 Å². The molecule has 1 saturated heterocycles. The number of nitrogens with zero attached hydrogens (tertiary/aromatic N) is 1. The van der Waals surface area contributed by atoms with Gasteiger partial charge in [-0.3, -0.25) is 0 Å². The Morgan fingerprint density at radius 2 is 1.31 bits per heavy atom. The Hall–Kier alpha value is -0.870. The van der Waals surface area contributed by atoms with E-state index in [9.17, 15) is 8.42 Å². The molecule has 1 heterocycles. The first-order valence-electron chi connectivity index (χ1n) is 10.8. The molecule has 1 aliphatic heterocycles. The fraction of sp³-hybridized carbons (Fsp3) is 0.727. The van der Waals surface area contributed by atoms with Gasteiger partial charge in [-0.25, -0.2) is 8.42 Å². The van der Waals surface area contributed by atoms with Gasteiger partial charge < -0.3 is 0 Å². The molecule has 3 aliphatic rings. The Bertz CT molecular complexity index is 710. The van der Waals surface area contributed by atoms with Gasteiger partial charge in [0.2, 0.25) is 10.0 Å². The molecule has 0 atom stereocenters. The fourth-order valence-electron chi connectivity index (χ4n) is 5.28. The van der Waals surface area contributed by atoms with Crippen LogP contribution in [0.5, 0.6) is 0 Å². The van der Waals surface area contributed by atoms with Crippen LogP contribution in [0.1, 0.15) is 100 Å². The molecule has 4 rings (SSSR count). The van der Waals surface area contributed by atoms with Crippen molar-refractivity contribution in [1.82, 2.24) is 4.31 Å². The van der Waals surface area contributed by atoms with Gasteiger partial charge in [0.15, 0.2) is 0 Å². The van der Waals surface area contributed by atoms with Gasteiger partial charge in [0.25, 0.3) is 0 Å². The van der Waals surface area contributed by atoms with E-state index in [0.29, 0.717) is 29.8 Å². The monoisotopic (exact) mass is 375 g/mol. The molecule has 26 heavy (non-hydrogen) atoms. The van der Waals surface area contributed by atoms with E-state index < -0.39 is 10.0 Å². The first kappa shape index (κ1) is 18.5. The number of rotatable bonds is 4. The molecule has 144 valence electrons. The summed E-state index contributed by atoms with van der Waals surface area (Å²) in [6.45, 7) is 1.39. The summed E-state index contributed by atoms with van der Waals surface area (Å²) < 4.78 is 28.7. The maximum atomic E-state index is 13.5. The molecule has 0 N–H and O–H groups in total. The number of benzene rings is 1. The summed E-state index contributed by atoms with van der Waals surface area (Å²) in [4.78, 5) is 0.648. The minimum Gasteiger partial charge on any atom is -0.207 e. The lowest BCUT2D eigenvalue weighted by atomic mass is 9.81. The molecule has 3 fully saturated rings. The van der Waals surface area contributed by atoms with Crippen LogP contribution in [-0.2, 0) is 10.0 Å². The third-order valence-corrected chi connectivity index (χ3v) is 8.80. The van der Waals surface area contributed by atoms with Gasteiger partial charge in [-0.1, -0.05) is 50.7 Å². The molecule has 1 aromatic carbocycles. The van der Waals surface area contributed by atoms with Crippen molar-refractivity contribution in [2.45, 2.75) is 93.8 Å². The highest BCUT2D eigenvalue weighted by Crippen LogP contribution is 2.40. The number of sulfonamides is 1. The number of hydrogen-bond donors (Lipinski definition) is 0. The van der Waals surface area contributed by atoms with Crippen molar-refractivity contribution in [2.24, 2.45) is 0 Å². The highest BCUT2D eigenvalue weighted by molar-refractivity contribution is 7.89. The van der Waals surface area contributed by atoms with Gasteiger partial charge in [-0.15, -0.1) is 0 Å². The Morgan fingerprint density at radius 1 is 0.731 bits per heavy atom. The molecule has 0 spiro atoms. The summed E-state index contributed by atoms with van der Waals surface area (Å²) in [6, 6.07) is 6.51. The third kappa shape index (κ3) is 3.73. The zero-order valence-corrected chi connectivity index (χ0v) is 16.8. The summed E-state index contributed by atoms with van der Waals surface area (Å²) in [5.41, 5.74) is 2.37. The molecule has 2 saturated carbocycles. The average molecular weight is 376 g/mol. The van der Waals surface area contributed by atoms with Crippen LogP contribution in [0.4, 0.5) is 0 Å². The van der Waals surface area contributed by atoms with Gasteiger partial charge in [0.1, 0.15) is 0 Å². The van der Waals surface area contributed by atoms with Crippen LogP contribution in [0.25, 0.3) is 0 Å². The topological polar surface area (TPSA) is 37.4 Å². The van der Waals surface area contributed by atoms with Gasteiger partial charge in [-0.05, 0) is 67.6 Å². The van der Waals surface area contributed by atoms with Crippen molar-refractivity contribution in [3.63, 3.8) is 0 Å². The average Bonchev–Trinajstić information content (AvgIpc) is 3.25. The molecule has 0 amide bonds. The Morgan fingerprint density at radius 3 is 1.92 bits per heavy atom. The van der Waals surface area contributed by atoms with E-state index in [-0.39, 0.29) is 0 Å². The molecule has 0 radical (unpaired) electrons. The molecule has 3 nitrogen and oxygen atoms in total. The van der Waals surface area contributed by atoms with Gasteiger partial charge >= 0.3 is 0 Å². The van der Waals surface area contributed by atoms with Crippen molar-refractivity contribution in [3.05, 3.63) is 29.3 Å². The van der Waals surface area contributed by atoms with Crippen LogP contribution in [0.3, 0.4) is 0 Å². The van der Waals surface area contributed by atoms with E-state index in [2.05, 4.69) is 18.2 Å². The van der Waals surface area contributed by atoms with E-state index in [4.69, 9.17) is 0 Å². The Balaban J connectivity index is 1.73. The lowest BCUT2D eigenvalue weighted by Crippen LogP contribution is -2.29. The minimum atomic E-state index is -3.35. The van der Waals surface area contributed by atoms with E-state index >= 15 is 0 Å². The predicted molar refractivity (Wildman–Crippen MR) is 106 cm³/mol. The van der Waals surface area contributed by atoms with E-state index in [1.54, 1.807) is 4.31 Å². The normalized spacial score (nSPS) is 24.2. The summed E-state index contributed by atoms with van der Waals surface area (Å²) in [7, 11) is -3.35. The first-order valence-corrected chi connectivity index (χ1v) is 12.2. The van der Waals surface area contributed by atoms with E-state index in [1.807, 2.05) is 0 Å². The summed E-state index contributed by atoms with van der Waals surface area (Å²) in [5.74, 6) is 0.980. The predicted octanol–water partition coefficient (Wildman–Crippen LogP) is 5.57. The van der Waals surface area contributed by atoms with Crippen LogP contribution in [-0.4, -0.2) is 25.8 Å². The highest BCUT2D eigenvalue weighted by atomic mass is 32.2. The molecule has 0 bridgehead atoms. The van der Waals surface area contributed by atoms with Crippen molar-refractivity contribution in [3.8, 4) is 0 Å². The molecule has 0 aromatic heterocycles. The lowest BCUT2D eigenvalue weighted by molar-refractivity contribution is 0.430. The lowest BCUT2D eigenvalue weighted by Gasteiger charge is -2.28. The SMILES string of the molecule is O=S(=O)(c1cc(C2CCCCC2)ccc1C1CCCCC1)N1CCCC1. The number of hydrogen-bond acceptors (Lipinski definition) is 2. The molecule has 4 heteroatoms. The zero-order chi connectivity index (χ0) is 18.0. The van der Waals surface area contributed by atoms with Gasteiger partial charge in [0, 0.05) is 13.1 Å². The van der Waals surface area contributed by atoms with Crippen molar-refractivity contribution >= 4 is 10.0 Å².